The first kappa shape index (κ1) is 17.8. The molecule has 0 aromatic heterocycles. The number of rotatable bonds is 6. The van der Waals surface area contributed by atoms with Gasteiger partial charge in [-0.15, -0.1) is 0 Å². The highest BCUT2D eigenvalue weighted by Crippen LogP contribution is 2.42. The normalized spacial score (nSPS) is 13.5. The van der Waals surface area contributed by atoms with Crippen LogP contribution in [0, 0.1) is 6.92 Å². The molecule has 0 aliphatic carbocycles. The van der Waals surface area contributed by atoms with Gasteiger partial charge in [-0.2, -0.15) is 5.26 Å². The van der Waals surface area contributed by atoms with Crippen LogP contribution in [0.25, 0.3) is 0 Å². The maximum atomic E-state index is 11.8. The number of hydrogen-bond acceptors (Lipinski definition) is 7. The third-order valence-electron chi connectivity index (χ3n) is 4.13. The van der Waals surface area contributed by atoms with Crippen LogP contribution in [0.2, 0.25) is 0 Å². The van der Waals surface area contributed by atoms with Gasteiger partial charge in [-0.05, 0) is 32.3 Å². The van der Waals surface area contributed by atoms with Crippen molar-refractivity contribution in [3.8, 4) is 11.5 Å². The van der Waals surface area contributed by atoms with E-state index in [4.69, 9.17) is 14.7 Å². The Kier molecular flexibility index (Phi) is 5.46. The fraction of sp³-hybridized carbons (Fsp3) is 0.412. The number of methoxy groups -OCH3 is 1. The third kappa shape index (κ3) is 3.35. The molecule has 0 saturated carbocycles. The van der Waals surface area contributed by atoms with Gasteiger partial charge in [0.1, 0.15) is 23.7 Å². The summed E-state index contributed by atoms with van der Waals surface area (Å²) in [6, 6.07) is 0. The van der Waals surface area contributed by atoms with E-state index < -0.39 is 11.9 Å². The second-order valence-corrected chi connectivity index (χ2v) is 5.63. The molecular weight excluding hydrogens is 316 g/mol. The maximum Gasteiger partial charge on any atom is 0.342 e. The Bertz CT molecular complexity index is 704. The third-order valence-corrected chi connectivity index (χ3v) is 4.13. The molecule has 130 valence electrons. The minimum Gasteiger partial charge on any atom is -0.507 e. The van der Waals surface area contributed by atoms with Crippen LogP contribution in [0.3, 0.4) is 0 Å². The minimum atomic E-state index is -0.709. The second kappa shape index (κ2) is 7.35. The zero-order valence-corrected chi connectivity index (χ0v) is 13.8. The van der Waals surface area contributed by atoms with Gasteiger partial charge in [0.2, 0.25) is 0 Å². The average molecular weight is 336 g/mol. The standard InChI is InChI=1S/C17H20O7/c1-9(5-7-13(18)24-21)4-6-11-15(19)14-12(8-23-17(14)20)10(2)16(11)22-3/h4,19,21H,5-8H2,1-3H3/b9-4+. The van der Waals surface area contributed by atoms with Gasteiger partial charge in [-0.3, -0.25) is 0 Å². The van der Waals surface area contributed by atoms with Crippen molar-refractivity contribution in [3.05, 3.63) is 33.9 Å². The number of esters is 1. The Morgan fingerprint density at radius 2 is 2.08 bits per heavy atom. The molecule has 0 amide bonds. The largest absolute Gasteiger partial charge is 0.507 e. The quantitative estimate of drug-likeness (QED) is 0.356. The van der Waals surface area contributed by atoms with Crippen molar-refractivity contribution in [1.29, 1.82) is 0 Å². The number of allylic oxidation sites excluding steroid dienone is 2. The monoisotopic (exact) mass is 336 g/mol. The van der Waals surface area contributed by atoms with Crippen molar-refractivity contribution >= 4 is 11.9 Å². The van der Waals surface area contributed by atoms with E-state index in [1.807, 2.05) is 19.9 Å². The summed E-state index contributed by atoms with van der Waals surface area (Å²) < 4.78 is 10.4. The number of fused-ring (bicyclic) bond motifs is 1. The lowest BCUT2D eigenvalue weighted by molar-refractivity contribution is -0.234. The number of phenols is 1. The Morgan fingerprint density at radius 3 is 2.71 bits per heavy atom. The Morgan fingerprint density at radius 1 is 1.38 bits per heavy atom. The molecule has 0 spiro atoms. The molecule has 0 unspecified atom stereocenters. The van der Waals surface area contributed by atoms with E-state index in [0.717, 1.165) is 11.1 Å². The van der Waals surface area contributed by atoms with E-state index >= 15 is 0 Å². The molecule has 2 rings (SSSR count). The molecule has 0 bridgehead atoms. The molecular formula is C17H20O7. The first-order valence-electron chi connectivity index (χ1n) is 7.48. The highest BCUT2D eigenvalue weighted by molar-refractivity contribution is 5.98. The molecule has 1 aromatic carbocycles. The summed E-state index contributed by atoms with van der Waals surface area (Å²) in [5, 5.41) is 18.7. The van der Waals surface area contributed by atoms with E-state index in [0.29, 0.717) is 29.7 Å². The predicted octanol–water partition coefficient (Wildman–Crippen LogP) is 2.66. The van der Waals surface area contributed by atoms with Gasteiger partial charge in [0, 0.05) is 11.1 Å². The number of benzene rings is 1. The lowest BCUT2D eigenvalue weighted by Crippen LogP contribution is -2.03. The zero-order chi connectivity index (χ0) is 17.9. The summed E-state index contributed by atoms with van der Waals surface area (Å²) in [6.07, 6.45) is 2.62. The number of carbonyl (C=O) groups excluding carboxylic acids is 2. The minimum absolute atomic E-state index is 0.0531. The van der Waals surface area contributed by atoms with Gasteiger partial charge in [-0.25, -0.2) is 9.59 Å². The molecule has 0 saturated heterocycles. The lowest BCUT2D eigenvalue weighted by atomic mass is 9.94. The molecule has 7 heteroatoms. The van der Waals surface area contributed by atoms with Crippen LogP contribution in [0.1, 0.15) is 46.8 Å². The molecule has 0 atom stereocenters. The molecule has 7 nitrogen and oxygen atoms in total. The van der Waals surface area contributed by atoms with Gasteiger partial charge in [0.05, 0.1) is 13.5 Å². The van der Waals surface area contributed by atoms with Crippen molar-refractivity contribution in [3.63, 3.8) is 0 Å². The number of hydrogen-bond donors (Lipinski definition) is 2. The van der Waals surface area contributed by atoms with Gasteiger partial charge in [-0.1, -0.05) is 11.6 Å². The molecule has 2 N–H and O–H groups in total. The van der Waals surface area contributed by atoms with Crippen molar-refractivity contribution < 1.29 is 34.3 Å². The van der Waals surface area contributed by atoms with Crippen molar-refractivity contribution in [1.82, 2.24) is 0 Å². The van der Waals surface area contributed by atoms with Crippen LogP contribution < -0.4 is 4.74 Å². The van der Waals surface area contributed by atoms with Gasteiger partial charge < -0.3 is 19.5 Å². The van der Waals surface area contributed by atoms with E-state index in [1.54, 1.807) is 0 Å². The fourth-order valence-electron chi connectivity index (χ4n) is 2.75. The summed E-state index contributed by atoms with van der Waals surface area (Å²) in [5.74, 6) is -0.864. The number of ether oxygens (including phenoxy) is 2. The molecule has 24 heavy (non-hydrogen) atoms. The van der Waals surface area contributed by atoms with Crippen LogP contribution in [0.4, 0.5) is 0 Å². The van der Waals surface area contributed by atoms with Crippen molar-refractivity contribution in [2.75, 3.05) is 7.11 Å². The molecule has 1 aliphatic heterocycles. The summed E-state index contributed by atoms with van der Waals surface area (Å²) >= 11 is 0. The Balaban J connectivity index is 2.30. The van der Waals surface area contributed by atoms with E-state index in [1.165, 1.54) is 7.11 Å². The summed E-state index contributed by atoms with van der Waals surface area (Å²) in [6.45, 7) is 3.77. The van der Waals surface area contributed by atoms with Crippen LogP contribution in [-0.4, -0.2) is 29.4 Å². The Labute approximate surface area is 139 Å². The van der Waals surface area contributed by atoms with Crippen LogP contribution >= 0.6 is 0 Å². The SMILES string of the molecule is COc1c(C)c2c(c(O)c1C/C=C(\C)CCC(=O)OO)C(=O)OC2. The first-order chi connectivity index (χ1) is 11.4. The molecule has 1 aliphatic rings. The molecule has 0 fully saturated rings. The number of cyclic esters (lactones) is 1. The van der Waals surface area contributed by atoms with Crippen LogP contribution in [0.15, 0.2) is 11.6 Å². The van der Waals surface area contributed by atoms with Gasteiger partial charge >= 0.3 is 11.9 Å². The smallest absolute Gasteiger partial charge is 0.342 e. The highest BCUT2D eigenvalue weighted by Gasteiger charge is 2.31. The van der Waals surface area contributed by atoms with Crippen LogP contribution in [-0.2, 0) is 27.4 Å². The topological polar surface area (TPSA) is 102 Å². The molecule has 1 aromatic rings. The summed E-state index contributed by atoms with van der Waals surface area (Å²) in [7, 11) is 1.50. The first-order valence-corrected chi connectivity index (χ1v) is 7.48. The van der Waals surface area contributed by atoms with Gasteiger partial charge in [0.15, 0.2) is 0 Å². The summed E-state index contributed by atoms with van der Waals surface area (Å²) in [4.78, 5) is 26.4. The molecule has 1 heterocycles. The van der Waals surface area contributed by atoms with E-state index in [-0.39, 0.29) is 24.3 Å². The van der Waals surface area contributed by atoms with Crippen molar-refractivity contribution in [2.45, 2.75) is 39.7 Å². The maximum absolute atomic E-state index is 11.8. The average Bonchev–Trinajstić information content (AvgIpc) is 2.96. The number of phenolic OH excluding ortho intramolecular Hbond substituents is 1. The lowest BCUT2D eigenvalue weighted by Gasteiger charge is -2.15. The highest BCUT2D eigenvalue weighted by atomic mass is 17.1. The Hall–Kier alpha value is -2.54. The van der Waals surface area contributed by atoms with E-state index in [2.05, 4.69) is 4.89 Å². The van der Waals surface area contributed by atoms with Crippen molar-refractivity contribution in [2.24, 2.45) is 0 Å². The fourth-order valence-corrected chi connectivity index (χ4v) is 2.75. The predicted molar refractivity (Wildman–Crippen MR) is 83.9 cm³/mol. The second-order valence-electron chi connectivity index (χ2n) is 5.63. The summed E-state index contributed by atoms with van der Waals surface area (Å²) in [5.41, 5.74) is 2.98. The zero-order valence-electron chi connectivity index (χ0n) is 13.8. The van der Waals surface area contributed by atoms with E-state index in [9.17, 15) is 14.7 Å². The van der Waals surface area contributed by atoms with Gasteiger partial charge in [0.25, 0.3) is 0 Å². The number of aromatic hydroxyl groups is 1. The number of carbonyl (C=O) groups is 2. The van der Waals surface area contributed by atoms with Crippen LogP contribution in [0.5, 0.6) is 11.5 Å². The molecule has 0 radical (unpaired) electrons.